The van der Waals surface area contributed by atoms with E-state index in [4.69, 9.17) is 0 Å². The SMILES string of the molecule is C/C=c1/cc(-c2cc(NC(=O)n3ccnc3)ccc2C)c(=O)n(C)/c1=C/C(C)C. The van der Waals surface area contributed by atoms with Crippen molar-refractivity contribution in [2.75, 3.05) is 5.32 Å². The van der Waals surface area contributed by atoms with Crippen LogP contribution < -0.4 is 21.4 Å². The third-order valence-electron chi connectivity index (χ3n) is 4.81. The van der Waals surface area contributed by atoms with Gasteiger partial charge < -0.3 is 9.88 Å². The zero-order valence-corrected chi connectivity index (χ0v) is 17.4. The Morgan fingerprint density at radius 1 is 1.21 bits per heavy atom. The van der Waals surface area contributed by atoms with E-state index >= 15 is 0 Å². The minimum absolute atomic E-state index is 0.0660. The number of nitrogens with zero attached hydrogens (tertiary/aromatic N) is 3. The van der Waals surface area contributed by atoms with Crippen LogP contribution in [0.4, 0.5) is 10.5 Å². The normalized spacial score (nSPS) is 12.6. The molecule has 150 valence electrons. The molecule has 0 saturated heterocycles. The lowest BCUT2D eigenvalue weighted by Gasteiger charge is -2.12. The second-order valence-corrected chi connectivity index (χ2v) is 7.39. The van der Waals surface area contributed by atoms with E-state index in [2.05, 4.69) is 30.2 Å². The predicted molar refractivity (Wildman–Crippen MR) is 117 cm³/mol. The lowest BCUT2D eigenvalue weighted by atomic mass is 10.00. The summed E-state index contributed by atoms with van der Waals surface area (Å²) in [7, 11) is 1.80. The zero-order chi connectivity index (χ0) is 21.1. The molecule has 6 nitrogen and oxygen atoms in total. The van der Waals surface area contributed by atoms with E-state index in [1.807, 2.05) is 44.2 Å². The topological polar surface area (TPSA) is 68.9 Å². The lowest BCUT2D eigenvalue weighted by Crippen LogP contribution is -2.42. The summed E-state index contributed by atoms with van der Waals surface area (Å²) in [5.74, 6) is 0.327. The van der Waals surface area contributed by atoms with E-state index in [-0.39, 0.29) is 11.6 Å². The largest absolute Gasteiger partial charge is 0.331 e. The maximum Gasteiger partial charge on any atom is 0.331 e. The maximum absolute atomic E-state index is 13.1. The molecule has 0 unspecified atom stereocenters. The molecule has 0 fully saturated rings. The highest BCUT2D eigenvalue weighted by Gasteiger charge is 2.12. The van der Waals surface area contributed by atoms with Gasteiger partial charge in [0.05, 0.1) is 0 Å². The van der Waals surface area contributed by atoms with Crippen LogP contribution in [0.1, 0.15) is 26.3 Å². The molecule has 0 atom stereocenters. The number of rotatable bonds is 3. The van der Waals surface area contributed by atoms with Gasteiger partial charge in [-0.1, -0.05) is 32.1 Å². The predicted octanol–water partition coefficient (Wildman–Crippen LogP) is 2.87. The molecule has 0 aliphatic carbocycles. The van der Waals surface area contributed by atoms with Gasteiger partial charge in [0.25, 0.3) is 5.56 Å². The summed E-state index contributed by atoms with van der Waals surface area (Å²) in [6.07, 6.45) is 8.66. The van der Waals surface area contributed by atoms with Crippen molar-refractivity contribution in [2.45, 2.75) is 27.7 Å². The number of pyridine rings is 1. The van der Waals surface area contributed by atoms with Gasteiger partial charge in [-0.15, -0.1) is 0 Å². The first-order chi connectivity index (χ1) is 13.8. The molecule has 3 rings (SSSR count). The third-order valence-corrected chi connectivity index (χ3v) is 4.81. The van der Waals surface area contributed by atoms with Gasteiger partial charge in [0, 0.05) is 36.0 Å². The van der Waals surface area contributed by atoms with Crippen LogP contribution in [0, 0.1) is 12.8 Å². The molecule has 1 N–H and O–H groups in total. The number of aryl methyl sites for hydroxylation is 1. The van der Waals surface area contributed by atoms with Gasteiger partial charge in [-0.25, -0.2) is 9.78 Å². The number of aromatic nitrogens is 3. The Hall–Kier alpha value is -3.41. The van der Waals surface area contributed by atoms with E-state index in [0.29, 0.717) is 17.2 Å². The summed E-state index contributed by atoms with van der Waals surface area (Å²) in [5.41, 5.74) is 2.92. The van der Waals surface area contributed by atoms with Crippen molar-refractivity contribution in [1.29, 1.82) is 0 Å². The molecule has 1 amide bonds. The number of benzene rings is 1. The fourth-order valence-corrected chi connectivity index (χ4v) is 3.28. The van der Waals surface area contributed by atoms with Crippen molar-refractivity contribution in [1.82, 2.24) is 14.1 Å². The number of hydrogen-bond acceptors (Lipinski definition) is 3. The van der Waals surface area contributed by atoms with Crippen molar-refractivity contribution < 1.29 is 4.79 Å². The number of hydrogen-bond donors (Lipinski definition) is 1. The van der Waals surface area contributed by atoms with Crippen molar-refractivity contribution in [2.24, 2.45) is 13.0 Å². The molecule has 0 aliphatic rings. The highest BCUT2D eigenvalue weighted by atomic mass is 16.2. The minimum Gasteiger partial charge on any atom is -0.311 e. The van der Waals surface area contributed by atoms with E-state index in [1.165, 1.54) is 10.9 Å². The highest BCUT2D eigenvalue weighted by Crippen LogP contribution is 2.23. The van der Waals surface area contributed by atoms with Crippen LogP contribution in [0.25, 0.3) is 23.3 Å². The first-order valence-corrected chi connectivity index (χ1v) is 9.60. The van der Waals surface area contributed by atoms with Crippen molar-refractivity contribution >= 4 is 23.9 Å². The Bertz CT molecular complexity index is 1220. The summed E-state index contributed by atoms with van der Waals surface area (Å²) in [6, 6.07) is 7.19. The number of amides is 1. The molecule has 0 saturated carbocycles. The highest BCUT2D eigenvalue weighted by molar-refractivity contribution is 5.91. The summed E-state index contributed by atoms with van der Waals surface area (Å²) in [5, 5.41) is 4.76. The van der Waals surface area contributed by atoms with Crippen LogP contribution in [0.2, 0.25) is 0 Å². The van der Waals surface area contributed by atoms with E-state index in [1.54, 1.807) is 24.0 Å². The number of carbonyl (C=O) groups excluding carboxylic acids is 1. The van der Waals surface area contributed by atoms with Gasteiger partial charge in [-0.2, -0.15) is 0 Å². The Balaban J connectivity index is 2.13. The lowest BCUT2D eigenvalue weighted by molar-refractivity contribution is 0.253. The Kier molecular flexibility index (Phi) is 5.82. The molecule has 3 aromatic rings. The summed E-state index contributed by atoms with van der Waals surface area (Å²) < 4.78 is 3.06. The Labute approximate surface area is 169 Å². The molecular weight excluding hydrogens is 364 g/mol. The average Bonchev–Trinajstić information content (AvgIpc) is 3.22. The third kappa shape index (κ3) is 4.21. The monoisotopic (exact) mass is 390 g/mol. The number of carbonyl (C=O) groups is 1. The second kappa shape index (κ2) is 8.31. The van der Waals surface area contributed by atoms with Gasteiger partial charge >= 0.3 is 6.03 Å². The summed E-state index contributed by atoms with van der Waals surface area (Å²) in [6.45, 7) is 8.11. The van der Waals surface area contributed by atoms with Crippen molar-refractivity contribution in [3.63, 3.8) is 0 Å². The molecule has 2 heterocycles. The summed E-state index contributed by atoms with van der Waals surface area (Å²) >= 11 is 0. The van der Waals surface area contributed by atoms with Crippen LogP contribution in [0.5, 0.6) is 0 Å². The van der Waals surface area contributed by atoms with E-state index in [0.717, 1.165) is 21.7 Å². The van der Waals surface area contributed by atoms with Crippen LogP contribution >= 0.6 is 0 Å². The number of imidazole rings is 1. The quantitative estimate of drug-likeness (QED) is 0.748. The van der Waals surface area contributed by atoms with Gasteiger partial charge in [0.2, 0.25) is 0 Å². The average molecular weight is 390 g/mol. The zero-order valence-electron chi connectivity index (χ0n) is 17.4. The molecule has 0 radical (unpaired) electrons. The molecule has 6 heteroatoms. The number of nitrogens with one attached hydrogen (secondary N) is 1. The molecule has 0 bridgehead atoms. The molecule has 2 aromatic heterocycles. The van der Waals surface area contributed by atoms with Crippen LogP contribution in [0.3, 0.4) is 0 Å². The molecule has 29 heavy (non-hydrogen) atoms. The van der Waals surface area contributed by atoms with E-state index < -0.39 is 0 Å². The first kappa shape index (κ1) is 20.3. The van der Waals surface area contributed by atoms with Crippen molar-refractivity contribution in [3.8, 4) is 11.1 Å². The van der Waals surface area contributed by atoms with Crippen LogP contribution in [0.15, 0.2) is 47.8 Å². The molecule has 0 spiro atoms. The minimum atomic E-state index is -0.310. The van der Waals surface area contributed by atoms with Crippen molar-refractivity contribution in [3.05, 3.63) is 69.5 Å². The molecule has 0 aliphatic heterocycles. The van der Waals surface area contributed by atoms with Crippen LogP contribution in [-0.2, 0) is 7.05 Å². The van der Waals surface area contributed by atoms with Crippen LogP contribution in [-0.4, -0.2) is 20.1 Å². The number of anilines is 1. The summed E-state index contributed by atoms with van der Waals surface area (Å²) in [4.78, 5) is 29.3. The maximum atomic E-state index is 13.1. The first-order valence-electron chi connectivity index (χ1n) is 9.60. The van der Waals surface area contributed by atoms with Gasteiger partial charge in [-0.05, 0) is 54.3 Å². The molecule has 1 aromatic carbocycles. The Morgan fingerprint density at radius 2 is 1.97 bits per heavy atom. The molecular formula is C23H26N4O2. The fourth-order valence-electron chi connectivity index (χ4n) is 3.28. The van der Waals surface area contributed by atoms with Gasteiger partial charge in [0.15, 0.2) is 0 Å². The smallest absolute Gasteiger partial charge is 0.311 e. The van der Waals surface area contributed by atoms with Gasteiger partial charge in [0.1, 0.15) is 6.33 Å². The Morgan fingerprint density at radius 3 is 2.59 bits per heavy atom. The standard InChI is InChI=1S/C23H26N4O2/c1-6-17-12-20(22(28)26(5)21(17)11-15(2)3)19-13-18(8-7-16(19)4)25-23(29)27-10-9-24-14-27/h6-15H,1-5H3,(H,25,29)/b17-6-,21-11+. The van der Waals surface area contributed by atoms with Gasteiger partial charge in [-0.3, -0.25) is 9.36 Å². The second-order valence-electron chi connectivity index (χ2n) is 7.39. The van der Waals surface area contributed by atoms with E-state index in [9.17, 15) is 9.59 Å². The fraction of sp³-hybridized carbons (Fsp3) is 0.261.